The second kappa shape index (κ2) is 6.48. The minimum absolute atomic E-state index is 0.00136. The Labute approximate surface area is 128 Å². The van der Waals surface area contributed by atoms with Crippen LogP contribution in [0.15, 0.2) is 18.2 Å². The molecular formula is C17H29N3O. The van der Waals surface area contributed by atoms with Crippen molar-refractivity contribution in [1.82, 2.24) is 4.90 Å². The van der Waals surface area contributed by atoms with E-state index in [1.54, 1.807) is 6.07 Å². The number of rotatable bonds is 4. The maximum Gasteiger partial charge on any atom is 0.241 e. The third-order valence-electron chi connectivity index (χ3n) is 4.36. The minimum atomic E-state index is -0.198. The Bertz CT molecular complexity index is 505. The van der Waals surface area contributed by atoms with Crippen molar-refractivity contribution in [3.8, 4) is 0 Å². The van der Waals surface area contributed by atoms with Gasteiger partial charge in [0.25, 0.3) is 0 Å². The van der Waals surface area contributed by atoms with E-state index in [1.807, 2.05) is 33.0 Å². The number of nitrogens with two attached hydrogens (primary N) is 1. The molecule has 0 saturated carbocycles. The van der Waals surface area contributed by atoms with E-state index < -0.39 is 0 Å². The molecule has 1 aromatic carbocycles. The van der Waals surface area contributed by atoms with Crippen LogP contribution < -0.4 is 11.1 Å². The lowest BCUT2D eigenvalue weighted by Gasteiger charge is -2.38. The summed E-state index contributed by atoms with van der Waals surface area (Å²) in [6.07, 6.45) is 0. The molecule has 0 radical (unpaired) electrons. The third kappa shape index (κ3) is 4.46. The van der Waals surface area contributed by atoms with Gasteiger partial charge in [0, 0.05) is 17.4 Å². The molecule has 0 bridgehead atoms. The normalized spacial score (nSPS) is 14.9. The van der Waals surface area contributed by atoms with E-state index >= 15 is 0 Å². The summed E-state index contributed by atoms with van der Waals surface area (Å²) in [5, 5.41) is 2.99. The Hall–Kier alpha value is -1.55. The fourth-order valence-electron chi connectivity index (χ4n) is 2.20. The van der Waals surface area contributed by atoms with Gasteiger partial charge in [-0.2, -0.15) is 0 Å². The number of hydrogen-bond donors (Lipinski definition) is 2. The number of amides is 1. The summed E-state index contributed by atoms with van der Waals surface area (Å²) in [7, 11) is 2.00. The molecule has 1 amide bonds. The van der Waals surface area contributed by atoms with Gasteiger partial charge in [-0.1, -0.05) is 20.8 Å². The van der Waals surface area contributed by atoms with Gasteiger partial charge in [-0.05, 0) is 57.0 Å². The second-order valence-corrected chi connectivity index (χ2v) is 6.95. The first-order chi connectivity index (χ1) is 9.54. The zero-order valence-corrected chi connectivity index (χ0v) is 14.3. The van der Waals surface area contributed by atoms with Crippen LogP contribution in [0.3, 0.4) is 0 Å². The van der Waals surface area contributed by atoms with Gasteiger partial charge in [0.2, 0.25) is 5.91 Å². The van der Waals surface area contributed by atoms with Crippen LogP contribution >= 0.6 is 0 Å². The van der Waals surface area contributed by atoms with Crippen molar-refractivity contribution in [3.63, 3.8) is 0 Å². The predicted molar refractivity (Wildman–Crippen MR) is 90.4 cm³/mol. The molecule has 0 aliphatic carbocycles. The molecule has 0 aliphatic heterocycles. The molecule has 21 heavy (non-hydrogen) atoms. The number of nitrogen functional groups attached to an aromatic ring is 1. The summed E-state index contributed by atoms with van der Waals surface area (Å²) in [6, 6.07) is 5.61. The van der Waals surface area contributed by atoms with Crippen molar-refractivity contribution in [2.24, 2.45) is 5.41 Å². The second-order valence-electron chi connectivity index (χ2n) is 6.95. The maximum absolute atomic E-state index is 12.4. The number of likely N-dealkylation sites (N-methyl/N-ethyl adjacent to an activating group) is 1. The smallest absolute Gasteiger partial charge is 0.241 e. The topological polar surface area (TPSA) is 58.4 Å². The number of benzene rings is 1. The van der Waals surface area contributed by atoms with E-state index in [2.05, 4.69) is 37.9 Å². The highest BCUT2D eigenvalue weighted by Crippen LogP contribution is 2.25. The molecule has 2 atom stereocenters. The van der Waals surface area contributed by atoms with E-state index in [-0.39, 0.29) is 17.4 Å². The first-order valence-corrected chi connectivity index (χ1v) is 7.43. The summed E-state index contributed by atoms with van der Waals surface area (Å²) in [6.45, 7) is 12.6. The van der Waals surface area contributed by atoms with Crippen molar-refractivity contribution in [2.75, 3.05) is 18.1 Å². The summed E-state index contributed by atoms with van der Waals surface area (Å²) in [4.78, 5) is 14.6. The molecule has 0 aliphatic rings. The maximum atomic E-state index is 12.4. The Morgan fingerprint density at radius 2 is 1.86 bits per heavy atom. The summed E-state index contributed by atoms with van der Waals surface area (Å²) < 4.78 is 0. The summed E-state index contributed by atoms with van der Waals surface area (Å²) in [5.41, 5.74) is 8.36. The number of aryl methyl sites for hydroxylation is 1. The standard InChI is InChI=1S/C17H29N3O/c1-11-10-14(18)8-9-15(11)19-16(21)12(2)20(7)13(3)17(4,5)6/h8-10,12-13H,18H2,1-7H3,(H,19,21). The van der Waals surface area contributed by atoms with Gasteiger partial charge in [0.15, 0.2) is 0 Å². The fourth-order valence-corrected chi connectivity index (χ4v) is 2.20. The molecule has 1 aromatic rings. The first-order valence-electron chi connectivity index (χ1n) is 7.43. The molecule has 1 rings (SSSR count). The van der Waals surface area contributed by atoms with Crippen molar-refractivity contribution >= 4 is 17.3 Å². The lowest BCUT2D eigenvalue weighted by atomic mass is 9.86. The Morgan fingerprint density at radius 3 is 2.33 bits per heavy atom. The largest absolute Gasteiger partial charge is 0.399 e. The van der Waals surface area contributed by atoms with Crippen LogP contribution in [-0.2, 0) is 4.79 Å². The van der Waals surface area contributed by atoms with Crippen molar-refractivity contribution in [3.05, 3.63) is 23.8 Å². The SMILES string of the molecule is Cc1cc(N)ccc1NC(=O)C(C)N(C)C(C)C(C)(C)C. The summed E-state index contributed by atoms with van der Waals surface area (Å²) in [5.74, 6) is 0.00136. The third-order valence-corrected chi connectivity index (χ3v) is 4.36. The van der Waals surface area contributed by atoms with Crippen molar-refractivity contribution < 1.29 is 4.79 Å². The number of nitrogens with one attached hydrogen (secondary N) is 1. The number of anilines is 2. The lowest BCUT2D eigenvalue weighted by molar-refractivity contribution is -0.121. The van der Waals surface area contributed by atoms with Crippen molar-refractivity contribution in [1.29, 1.82) is 0 Å². The molecule has 4 heteroatoms. The van der Waals surface area contributed by atoms with E-state index in [1.165, 1.54) is 0 Å². The first kappa shape index (κ1) is 17.5. The highest BCUT2D eigenvalue weighted by Gasteiger charge is 2.29. The van der Waals surface area contributed by atoms with Crippen molar-refractivity contribution in [2.45, 2.75) is 53.6 Å². The lowest BCUT2D eigenvalue weighted by Crippen LogP contribution is -2.48. The number of carbonyl (C=O) groups excluding carboxylic acids is 1. The van der Waals surface area contributed by atoms with Gasteiger partial charge in [-0.3, -0.25) is 9.69 Å². The van der Waals surface area contributed by atoms with Gasteiger partial charge in [0.1, 0.15) is 0 Å². The molecule has 2 unspecified atom stereocenters. The Morgan fingerprint density at radius 1 is 1.29 bits per heavy atom. The number of hydrogen-bond acceptors (Lipinski definition) is 3. The highest BCUT2D eigenvalue weighted by atomic mass is 16.2. The van der Waals surface area contributed by atoms with E-state index in [0.29, 0.717) is 11.7 Å². The summed E-state index contributed by atoms with van der Waals surface area (Å²) >= 11 is 0. The molecule has 0 fully saturated rings. The average Bonchev–Trinajstić information content (AvgIpc) is 2.38. The molecule has 0 saturated heterocycles. The zero-order valence-electron chi connectivity index (χ0n) is 14.3. The number of nitrogens with zero attached hydrogens (tertiary/aromatic N) is 1. The Balaban J connectivity index is 2.79. The zero-order chi connectivity index (χ0) is 16.4. The van der Waals surface area contributed by atoms with Crippen LogP contribution in [0.2, 0.25) is 0 Å². The van der Waals surface area contributed by atoms with Crippen LogP contribution in [0.25, 0.3) is 0 Å². The van der Waals surface area contributed by atoms with Crippen LogP contribution in [0.1, 0.15) is 40.2 Å². The molecular weight excluding hydrogens is 262 g/mol. The van der Waals surface area contributed by atoms with Gasteiger partial charge < -0.3 is 11.1 Å². The predicted octanol–water partition coefficient (Wildman–Crippen LogP) is 3.27. The quantitative estimate of drug-likeness (QED) is 0.837. The molecule has 0 spiro atoms. The molecule has 4 nitrogen and oxygen atoms in total. The van der Waals surface area contributed by atoms with E-state index in [4.69, 9.17) is 5.73 Å². The van der Waals surface area contributed by atoms with E-state index in [0.717, 1.165) is 11.3 Å². The molecule has 118 valence electrons. The van der Waals surface area contributed by atoms with E-state index in [9.17, 15) is 4.79 Å². The van der Waals surface area contributed by atoms with Crippen LogP contribution in [0, 0.1) is 12.3 Å². The number of carbonyl (C=O) groups is 1. The molecule has 0 aromatic heterocycles. The average molecular weight is 291 g/mol. The molecule has 3 N–H and O–H groups in total. The van der Waals surface area contributed by atoms with Crippen LogP contribution in [-0.4, -0.2) is 29.9 Å². The minimum Gasteiger partial charge on any atom is -0.399 e. The highest BCUT2D eigenvalue weighted by molar-refractivity contribution is 5.95. The monoisotopic (exact) mass is 291 g/mol. The fraction of sp³-hybridized carbons (Fsp3) is 0.588. The van der Waals surface area contributed by atoms with Gasteiger partial charge >= 0.3 is 0 Å². The Kier molecular flexibility index (Phi) is 5.40. The van der Waals surface area contributed by atoms with Crippen LogP contribution in [0.4, 0.5) is 11.4 Å². The van der Waals surface area contributed by atoms with Gasteiger partial charge in [0.05, 0.1) is 6.04 Å². The van der Waals surface area contributed by atoms with Gasteiger partial charge in [-0.15, -0.1) is 0 Å². The van der Waals surface area contributed by atoms with Gasteiger partial charge in [-0.25, -0.2) is 0 Å². The van der Waals surface area contributed by atoms with Crippen LogP contribution in [0.5, 0.6) is 0 Å². The molecule has 0 heterocycles.